The van der Waals surface area contributed by atoms with Crippen molar-refractivity contribution in [2.75, 3.05) is 12.4 Å². The Morgan fingerprint density at radius 1 is 1.56 bits per heavy atom. The van der Waals surface area contributed by atoms with E-state index in [0.29, 0.717) is 5.25 Å². The molecule has 2 atom stereocenters. The Balaban J connectivity index is 2.22. The molecule has 0 bridgehead atoms. The van der Waals surface area contributed by atoms with Gasteiger partial charge in [-0.2, -0.15) is 11.8 Å². The minimum absolute atomic E-state index is 0.165. The van der Waals surface area contributed by atoms with E-state index in [1.54, 1.807) is 11.8 Å². The molecule has 0 aromatic heterocycles. The maximum atomic E-state index is 9.19. The van der Waals surface area contributed by atoms with E-state index in [4.69, 9.17) is 5.11 Å². The van der Waals surface area contributed by atoms with Crippen LogP contribution in [0.25, 0.3) is 0 Å². The summed E-state index contributed by atoms with van der Waals surface area (Å²) >= 11 is 1.77. The van der Waals surface area contributed by atoms with Gasteiger partial charge in [0.15, 0.2) is 0 Å². The third-order valence-electron chi connectivity index (χ3n) is 1.59. The van der Waals surface area contributed by atoms with E-state index < -0.39 is 0 Å². The normalized spacial score (nSPS) is 35.3. The van der Waals surface area contributed by atoms with Gasteiger partial charge in [-0.3, -0.25) is 0 Å². The van der Waals surface area contributed by atoms with Gasteiger partial charge in [0.1, 0.15) is 0 Å². The number of hydrogen-bond donors (Lipinski definition) is 2. The quantitative estimate of drug-likeness (QED) is 0.589. The maximum absolute atomic E-state index is 9.19. The number of aliphatic hydroxyl groups is 2. The van der Waals surface area contributed by atoms with Gasteiger partial charge in [0.05, 0.1) is 6.10 Å². The zero-order valence-electron chi connectivity index (χ0n) is 5.29. The van der Waals surface area contributed by atoms with Crippen molar-refractivity contribution in [2.24, 2.45) is 0 Å². The summed E-state index contributed by atoms with van der Waals surface area (Å²) in [5.74, 6) is 1.05. The summed E-state index contributed by atoms with van der Waals surface area (Å²) in [7, 11) is 0. The van der Waals surface area contributed by atoms with E-state index in [1.807, 2.05) is 0 Å². The van der Waals surface area contributed by atoms with Gasteiger partial charge in [-0.15, -0.1) is 0 Å². The minimum Gasteiger partial charge on any atom is -0.396 e. The SMILES string of the molecule is OCC[C@H]1SCC[C@@H]1O. The predicted octanol–water partition coefficient (Wildman–Crippen LogP) is 0.235. The summed E-state index contributed by atoms with van der Waals surface area (Å²) < 4.78 is 0. The van der Waals surface area contributed by atoms with Gasteiger partial charge >= 0.3 is 0 Å². The molecule has 0 aromatic rings. The molecule has 1 aliphatic rings. The highest BCUT2D eigenvalue weighted by molar-refractivity contribution is 8.00. The van der Waals surface area contributed by atoms with Gasteiger partial charge in [-0.25, -0.2) is 0 Å². The smallest absolute Gasteiger partial charge is 0.0667 e. The molecule has 1 rings (SSSR count). The molecule has 54 valence electrons. The largest absolute Gasteiger partial charge is 0.396 e. The molecule has 3 heteroatoms. The summed E-state index contributed by atoms with van der Waals surface area (Å²) in [5, 5.41) is 18.0. The van der Waals surface area contributed by atoms with Gasteiger partial charge in [-0.05, 0) is 18.6 Å². The molecule has 2 N–H and O–H groups in total. The number of hydrogen-bond acceptors (Lipinski definition) is 3. The fourth-order valence-corrected chi connectivity index (χ4v) is 2.35. The average molecular weight is 148 g/mol. The lowest BCUT2D eigenvalue weighted by atomic mass is 10.1. The average Bonchev–Trinajstić information content (AvgIpc) is 2.18. The van der Waals surface area contributed by atoms with E-state index >= 15 is 0 Å². The van der Waals surface area contributed by atoms with Crippen LogP contribution in [-0.4, -0.2) is 33.9 Å². The molecule has 0 aromatic carbocycles. The van der Waals surface area contributed by atoms with Crippen molar-refractivity contribution in [3.05, 3.63) is 0 Å². The van der Waals surface area contributed by atoms with Crippen LogP contribution >= 0.6 is 11.8 Å². The van der Waals surface area contributed by atoms with E-state index in [0.717, 1.165) is 18.6 Å². The first-order valence-corrected chi connectivity index (χ1v) is 4.30. The van der Waals surface area contributed by atoms with E-state index in [1.165, 1.54) is 0 Å². The molecule has 9 heavy (non-hydrogen) atoms. The molecule has 0 aliphatic carbocycles. The standard InChI is InChI=1S/C6H12O2S/c7-3-1-6-5(8)2-4-9-6/h5-8H,1-4H2/t5-,6+/m0/s1. The summed E-state index contributed by atoms with van der Waals surface area (Å²) in [6.45, 7) is 0.203. The van der Waals surface area contributed by atoms with Gasteiger partial charge < -0.3 is 10.2 Å². The van der Waals surface area contributed by atoms with Crippen LogP contribution < -0.4 is 0 Å². The molecule has 1 aliphatic heterocycles. The second-order valence-electron chi connectivity index (χ2n) is 2.28. The topological polar surface area (TPSA) is 40.5 Å². The van der Waals surface area contributed by atoms with Gasteiger partial charge in [-0.1, -0.05) is 0 Å². The summed E-state index contributed by atoms with van der Waals surface area (Å²) in [5.41, 5.74) is 0. The zero-order chi connectivity index (χ0) is 6.69. The first-order chi connectivity index (χ1) is 4.34. The first-order valence-electron chi connectivity index (χ1n) is 3.25. The third-order valence-corrected chi connectivity index (χ3v) is 3.04. The first kappa shape index (κ1) is 7.38. The summed E-state index contributed by atoms with van der Waals surface area (Å²) in [6.07, 6.45) is 1.48. The Morgan fingerprint density at radius 2 is 2.33 bits per heavy atom. The Bertz CT molecular complexity index is 87.1. The molecule has 0 radical (unpaired) electrons. The summed E-state index contributed by atoms with van der Waals surface area (Å²) in [6, 6.07) is 0. The van der Waals surface area contributed by atoms with Crippen molar-refractivity contribution in [1.82, 2.24) is 0 Å². The van der Waals surface area contributed by atoms with Crippen LogP contribution in [0, 0.1) is 0 Å². The van der Waals surface area contributed by atoms with E-state index in [2.05, 4.69) is 0 Å². The van der Waals surface area contributed by atoms with Crippen LogP contribution in [0.1, 0.15) is 12.8 Å². The predicted molar refractivity (Wildman–Crippen MR) is 38.6 cm³/mol. The van der Waals surface area contributed by atoms with Crippen molar-refractivity contribution < 1.29 is 10.2 Å². The number of rotatable bonds is 2. The van der Waals surface area contributed by atoms with Gasteiger partial charge in [0.25, 0.3) is 0 Å². The van der Waals surface area contributed by atoms with E-state index in [9.17, 15) is 5.11 Å². The van der Waals surface area contributed by atoms with E-state index in [-0.39, 0.29) is 12.7 Å². The molecule has 0 spiro atoms. The summed E-state index contributed by atoms with van der Waals surface area (Å²) in [4.78, 5) is 0. The Hall–Kier alpha value is 0.270. The highest BCUT2D eigenvalue weighted by Crippen LogP contribution is 2.28. The van der Waals surface area contributed by atoms with Gasteiger partial charge in [0.2, 0.25) is 0 Å². The van der Waals surface area contributed by atoms with Crippen molar-refractivity contribution in [2.45, 2.75) is 24.2 Å². The Labute approximate surface area is 59.3 Å². The zero-order valence-corrected chi connectivity index (χ0v) is 6.10. The second-order valence-corrected chi connectivity index (χ2v) is 3.62. The monoisotopic (exact) mass is 148 g/mol. The highest BCUT2D eigenvalue weighted by atomic mass is 32.2. The van der Waals surface area contributed by atoms with Crippen LogP contribution in [0.4, 0.5) is 0 Å². The van der Waals surface area contributed by atoms with Crippen molar-refractivity contribution in [3.8, 4) is 0 Å². The lowest BCUT2D eigenvalue weighted by molar-refractivity contribution is 0.161. The molecule has 0 amide bonds. The van der Waals surface area contributed by atoms with Crippen molar-refractivity contribution >= 4 is 11.8 Å². The maximum Gasteiger partial charge on any atom is 0.0667 e. The van der Waals surface area contributed by atoms with Crippen LogP contribution in [0.3, 0.4) is 0 Å². The van der Waals surface area contributed by atoms with Crippen molar-refractivity contribution in [1.29, 1.82) is 0 Å². The Morgan fingerprint density at radius 3 is 2.78 bits per heavy atom. The number of thioether (sulfide) groups is 1. The van der Waals surface area contributed by atoms with Crippen LogP contribution in [-0.2, 0) is 0 Å². The fraction of sp³-hybridized carbons (Fsp3) is 1.00. The highest BCUT2D eigenvalue weighted by Gasteiger charge is 2.24. The van der Waals surface area contributed by atoms with Gasteiger partial charge in [0, 0.05) is 11.9 Å². The lowest BCUT2D eigenvalue weighted by Gasteiger charge is -2.10. The third kappa shape index (κ3) is 1.85. The molecule has 0 unspecified atom stereocenters. The molecule has 1 heterocycles. The van der Waals surface area contributed by atoms with Crippen molar-refractivity contribution in [3.63, 3.8) is 0 Å². The van der Waals surface area contributed by atoms with Crippen LogP contribution in [0.5, 0.6) is 0 Å². The molecule has 0 saturated carbocycles. The number of aliphatic hydroxyl groups excluding tert-OH is 2. The molecule has 1 fully saturated rings. The van der Waals surface area contributed by atoms with Crippen LogP contribution in [0.15, 0.2) is 0 Å². The Kier molecular flexibility index (Phi) is 2.82. The molecule has 1 saturated heterocycles. The van der Waals surface area contributed by atoms with Crippen LogP contribution in [0.2, 0.25) is 0 Å². The lowest BCUT2D eigenvalue weighted by Crippen LogP contribution is -2.17. The molecular formula is C6H12O2S. The fourth-order valence-electron chi connectivity index (χ4n) is 1.04. The molecule has 2 nitrogen and oxygen atoms in total. The molecular weight excluding hydrogens is 136 g/mol. The minimum atomic E-state index is -0.165. The second kappa shape index (κ2) is 3.44.